The highest BCUT2D eigenvalue weighted by molar-refractivity contribution is 5.85. The lowest BCUT2D eigenvalue weighted by atomic mass is 10.3. The summed E-state index contributed by atoms with van der Waals surface area (Å²) >= 11 is 0. The van der Waals surface area contributed by atoms with Gasteiger partial charge in [-0.1, -0.05) is 6.08 Å². The molecule has 1 N–H and O–H groups in total. The Kier molecular flexibility index (Phi) is 3.06. The molecule has 76 valence electrons. The van der Waals surface area contributed by atoms with E-state index in [-0.39, 0.29) is 0 Å². The van der Waals surface area contributed by atoms with Crippen LogP contribution in [0.2, 0.25) is 0 Å². The summed E-state index contributed by atoms with van der Waals surface area (Å²) < 4.78 is 1.92. The maximum absolute atomic E-state index is 10.5. The van der Waals surface area contributed by atoms with Crippen LogP contribution in [-0.2, 0) is 11.3 Å². The summed E-state index contributed by atoms with van der Waals surface area (Å²) in [4.78, 5) is 14.6. The van der Waals surface area contributed by atoms with Crippen LogP contribution in [0.5, 0.6) is 0 Å². The highest BCUT2D eigenvalue weighted by atomic mass is 16.4. The Balaban J connectivity index is 2.76. The fourth-order valence-electron chi connectivity index (χ4n) is 1.05. The Morgan fingerprint density at radius 2 is 2.29 bits per heavy atom. The van der Waals surface area contributed by atoms with Crippen molar-refractivity contribution in [2.24, 2.45) is 0 Å². The molecule has 0 fully saturated rings. The summed E-state index contributed by atoms with van der Waals surface area (Å²) in [6.07, 6.45) is 3.40. The average molecular weight is 194 g/mol. The molecule has 0 aromatic carbocycles. The molecule has 0 unspecified atom stereocenters. The van der Waals surface area contributed by atoms with Crippen molar-refractivity contribution >= 4 is 5.97 Å². The number of carbonyl (C=O) groups is 1. The summed E-state index contributed by atoms with van der Waals surface area (Å²) in [6, 6.07) is 0. The molecule has 0 aliphatic carbocycles. The molecule has 0 amide bonds. The number of rotatable bonds is 3. The van der Waals surface area contributed by atoms with Gasteiger partial charge >= 0.3 is 5.97 Å². The van der Waals surface area contributed by atoms with Gasteiger partial charge < -0.3 is 9.67 Å². The highest BCUT2D eigenvalue weighted by Crippen LogP contribution is 2.05. The number of aliphatic carboxylic acids is 1. The normalized spacial score (nSPS) is 11.8. The van der Waals surface area contributed by atoms with Crippen molar-refractivity contribution < 1.29 is 9.90 Å². The number of hydrogen-bond acceptors (Lipinski definition) is 2. The summed E-state index contributed by atoms with van der Waals surface area (Å²) in [7, 11) is 0. The van der Waals surface area contributed by atoms with Crippen molar-refractivity contribution in [2.45, 2.75) is 27.3 Å². The second kappa shape index (κ2) is 4.09. The van der Waals surface area contributed by atoms with Gasteiger partial charge in [-0.2, -0.15) is 0 Å². The lowest BCUT2D eigenvalue weighted by Gasteiger charge is -2.01. The third kappa shape index (κ3) is 2.22. The van der Waals surface area contributed by atoms with Crippen molar-refractivity contribution in [3.8, 4) is 0 Å². The van der Waals surface area contributed by atoms with Crippen molar-refractivity contribution in [3.63, 3.8) is 0 Å². The third-order valence-electron chi connectivity index (χ3n) is 2.28. The lowest BCUT2D eigenvalue weighted by molar-refractivity contribution is -0.132. The van der Waals surface area contributed by atoms with E-state index in [0.717, 1.165) is 11.4 Å². The Morgan fingerprint density at radius 3 is 2.71 bits per heavy atom. The molecule has 14 heavy (non-hydrogen) atoms. The molecule has 1 aromatic heterocycles. The number of allylic oxidation sites excluding steroid dienone is 1. The third-order valence-corrected chi connectivity index (χ3v) is 2.28. The molecule has 4 nitrogen and oxygen atoms in total. The number of aromatic nitrogens is 2. The van der Waals surface area contributed by atoms with E-state index < -0.39 is 5.97 Å². The molecule has 0 aliphatic rings. The van der Waals surface area contributed by atoms with Gasteiger partial charge in [-0.05, 0) is 20.8 Å². The van der Waals surface area contributed by atoms with Crippen LogP contribution in [0.3, 0.4) is 0 Å². The second-order valence-electron chi connectivity index (χ2n) is 3.26. The maximum atomic E-state index is 10.5. The van der Waals surface area contributed by atoms with Crippen LogP contribution in [0, 0.1) is 13.8 Å². The molecule has 0 saturated heterocycles. The predicted octanol–water partition coefficient (Wildman–Crippen LogP) is 1.53. The van der Waals surface area contributed by atoms with Gasteiger partial charge in [0, 0.05) is 17.8 Å². The molecular formula is C10H14N2O2. The molecule has 0 aliphatic heterocycles. The fourth-order valence-corrected chi connectivity index (χ4v) is 1.05. The number of imidazole rings is 1. The zero-order valence-electron chi connectivity index (χ0n) is 8.61. The first-order chi connectivity index (χ1) is 6.52. The van der Waals surface area contributed by atoms with Gasteiger partial charge in [0.2, 0.25) is 0 Å². The number of carboxylic acid groups (broad SMARTS) is 1. The molecule has 0 bridgehead atoms. The Bertz CT molecular complexity index is 377. The smallest absolute Gasteiger partial charge is 0.331 e. The van der Waals surface area contributed by atoms with E-state index >= 15 is 0 Å². The van der Waals surface area contributed by atoms with Crippen LogP contribution < -0.4 is 0 Å². The molecule has 0 saturated carbocycles. The molecule has 4 heteroatoms. The summed E-state index contributed by atoms with van der Waals surface area (Å²) in [6.45, 7) is 6.04. The van der Waals surface area contributed by atoms with Gasteiger partial charge in [-0.25, -0.2) is 9.78 Å². The minimum Gasteiger partial charge on any atom is -0.478 e. The van der Waals surface area contributed by atoms with E-state index in [4.69, 9.17) is 5.11 Å². The number of nitrogens with zero attached hydrogens (tertiary/aromatic N) is 2. The van der Waals surface area contributed by atoms with Gasteiger partial charge in [0.05, 0.1) is 12.0 Å². The van der Waals surface area contributed by atoms with Gasteiger partial charge in [-0.15, -0.1) is 0 Å². The molecule has 1 aromatic rings. The van der Waals surface area contributed by atoms with Crippen molar-refractivity contribution in [1.29, 1.82) is 0 Å². The highest BCUT2D eigenvalue weighted by Gasteiger charge is 2.02. The maximum Gasteiger partial charge on any atom is 0.331 e. The van der Waals surface area contributed by atoms with Crippen molar-refractivity contribution in [3.05, 3.63) is 29.4 Å². The minimum absolute atomic E-state index is 0.357. The largest absolute Gasteiger partial charge is 0.478 e. The van der Waals surface area contributed by atoms with Crippen molar-refractivity contribution in [1.82, 2.24) is 9.55 Å². The summed E-state index contributed by atoms with van der Waals surface area (Å²) in [5.41, 5.74) is 2.40. The van der Waals surface area contributed by atoms with Gasteiger partial charge in [0.25, 0.3) is 0 Å². The van der Waals surface area contributed by atoms with E-state index in [0.29, 0.717) is 12.1 Å². The van der Waals surface area contributed by atoms with Gasteiger partial charge in [-0.3, -0.25) is 0 Å². The SMILES string of the molecule is CC(=CCn1cnc(C)c1C)C(=O)O. The van der Waals surface area contributed by atoms with Crippen LogP contribution in [0.1, 0.15) is 18.3 Å². The average Bonchev–Trinajstić information content (AvgIpc) is 2.44. The molecular weight excluding hydrogens is 180 g/mol. The lowest BCUT2D eigenvalue weighted by Crippen LogP contribution is -2.01. The number of carboxylic acids is 1. The first-order valence-electron chi connectivity index (χ1n) is 4.40. The minimum atomic E-state index is -0.875. The predicted molar refractivity (Wildman–Crippen MR) is 53.1 cm³/mol. The quantitative estimate of drug-likeness (QED) is 0.742. The number of aryl methyl sites for hydroxylation is 1. The standard InChI is InChI=1S/C10H14N2O2/c1-7(10(13)14)4-5-12-6-11-8(2)9(12)3/h4,6H,5H2,1-3H3,(H,13,14). The van der Waals surface area contributed by atoms with E-state index in [9.17, 15) is 4.79 Å². The van der Waals surface area contributed by atoms with E-state index in [2.05, 4.69) is 4.98 Å². The zero-order valence-corrected chi connectivity index (χ0v) is 8.61. The van der Waals surface area contributed by atoms with Gasteiger partial charge in [0.15, 0.2) is 0 Å². The molecule has 1 rings (SSSR count). The summed E-state index contributed by atoms with van der Waals surface area (Å²) in [5, 5.41) is 8.64. The van der Waals surface area contributed by atoms with E-state index in [1.807, 2.05) is 18.4 Å². The van der Waals surface area contributed by atoms with Crippen LogP contribution in [0.15, 0.2) is 18.0 Å². The molecule has 0 spiro atoms. The van der Waals surface area contributed by atoms with E-state index in [1.54, 1.807) is 19.3 Å². The van der Waals surface area contributed by atoms with Gasteiger partial charge in [0.1, 0.15) is 0 Å². The van der Waals surface area contributed by atoms with E-state index in [1.165, 1.54) is 0 Å². The van der Waals surface area contributed by atoms with Crippen LogP contribution >= 0.6 is 0 Å². The van der Waals surface area contributed by atoms with Crippen LogP contribution in [-0.4, -0.2) is 20.6 Å². The second-order valence-corrected chi connectivity index (χ2v) is 3.26. The molecule has 1 heterocycles. The molecule has 0 radical (unpaired) electrons. The topological polar surface area (TPSA) is 55.1 Å². The monoisotopic (exact) mass is 194 g/mol. The van der Waals surface area contributed by atoms with Crippen LogP contribution in [0.4, 0.5) is 0 Å². The van der Waals surface area contributed by atoms with Crippen LogP contribution in [0.25, 0.3) is 0 Å². The first kappa shape index (κ1) is 10.5. The summed E-state index contributed by atoms with van der Waals surface area (Å²) in [5.74, 6) is -0.875. The van der Waals surface area contributed by atoms with Crippen molar-refractivity contribution in [2.75, 3.05) is 0 Å². The Hall–Kier alpha value is -1.58. The number of hydrogen-bond donors (Lipinski definition) is 1. The fraction of sp³-hybridized carbons (Fsp3) is 0.400. The zero-order chi connectivity index (χ0) is 10.7. The Morgan fingerprint density at radius 1 is 1.64 bits per heavy atom. The molecule has 0 atom stereocenters. The first-order valence-corrected chi connectivity index (χ1v) is 4.40. The Labute approximate surface area is 82.9 Å².